The minimum absolute atomic E-state index is 0.209. The Hall–Kier alpha value is -1.14. The summed E-state index contributed by atoms with van der Waals surface area (Å²) in [6.45, 7) is 13.2. The zero-order chi connectivity index (χ0) is 16.0. The van der Waals surface area contributed by atoms with Crippen molar-refractivity contribution in [1.82, 2.24) is 5.01 Å². The summed E-state index contributed by atoms with van der Waals surface area (Å²) in [6, 6.07) is 0. The molecule has 0 atom stereocenters. The predicted molar refractivity (Wildman–Crippen MR) is 90.5 cm³/mol. The fraction of sp³-hybridized carbons (Fsp3) is 0.765. The van der Waals surface area contributed by atoms with E-state index in [-0.39, 0.29) is 5.41 Å². The minimum Gasteiger partial charge on any atom is -0.401 e. The van der Waals surface area contributed by atoms with Crippen molar-refractivity contribution < 1.29 is 0 Å². The maximum atomic E-state index is 5.95. The van der Waals surface area contributed by atoms with E-state index in [1.165, 1.54) is 0 Å². The molecule has 0 amide bonds. The molecule has 0 aliphatic carbocycles. The van der Waals surface area contributed by atoms with Crippen LogP contribution in [-0.4, -0.2) is 11.6 Å². The van der Waals surface area contributed by atoms with E-state index in [2.05, 4.69) is 32.6 Å². The van der Waals surface area contributed by atoms with E-state index in [1.807, 2.05) is 27.0 Å². The number of rotatable bonds is 7. The molecule has 0 bridgehead atoms. The van der Waals surface area contributed by atoms with Gasteiger partial charge in [0.25, 0.3) is 0 Å². The van der Waals surface area contributed by atoms with E-state index >= 15 is 0 Å². The van der Waals surface area contributed by atoms with Crippen molar-refractivity contribution in [2.45, 2.75) is 73.6 Å². The Morgan fingerprint density at radius 3 is 2.25 bits per heavy atom. The summed E-state index contributed by atoms with van der Waals surface area (Å²) in [5.74, 6) is 11.9. The van der Waals surface area contributed by atoms with Gasteiger partial charge in [-0.2, -0.15) is 0 Å². The molecule has 0 aliphatic rings. The molecule has 0 unspecified atom stereocenters. The smallest absolute Gasteiger partial charge is 0.0343 e. The molecule has 0 spiro atoms. The number of nitrogens with zero attached hydrogens (tertiary/aromatic N) is 1. The van der Waals surface area contributed by atoms with Gasteiger partial charge in [0, 0.05) is 24.9 Å². The molecule has 0 saturated carbocycles. The highest BCUT2D eigenvalue weighted by atomic mass is 15.4. The van der Waals surface area contributed by atoms with E-state index in [0.29, 0.717) is 0 Å². The molecule has 0 radical (unpaired) electrons. The van der Waals surface area contributed by atoms with E-state index in [4.69, 9.17) is 11.6 Å². The van der Waals surface area contributed by atoms with Crippen molar-refractivity contribution in [3.8, 4) is 11.8 Å². The molecular formula is C17H35N3. The van der Waals surface area contributed by atoms with E-state index < -0.39 is 0 Å². The minimum atomic E-state index is 0.209. The highest BCUT2D eigenvalue weighted by Gasteiger charge is 2.11. The molecule has 4 N–H and O–H groups in total. The fourth-order valence-electron chi connectivity index (χ4n) is 1.75. The maximum Gasteiger partial charge on any atom is 0.0343 e. The Balaban J connectivity index is 0. The van der Waals surface area contributed by atoms with Gasteiger partial charge >= 0.3 is 0 Å². The molecule has 0 aromatic heterocycles. The van der Waals surface area contributed by atoms with Crippen LogP contribution in [0.5, 0.6) is 0 Å². The molecule has 0 aromatic carbocycles. The lowest BCUT2D eigenvalue weighted by Crippen LogP contribution is -2.28. The number of allylic oxidation sites excluding steroid dienone is 1. The average molecular weight is 281 g/mol. The molecule has 20 heavy (non-hydrogen) atoms. The van der Waals surface area contributed by atoms with Gasteiger partial charge < -0.3 is 10.7 Å². The molecule has 0 rings (SSSR count). The summed E-state index contributed by atoms with van der Waals surface area (Å²) in [7, 11) is 0. The van der Waals surface area contributed by atoms with Crippen LogP contribution in [0.4, 0.5) is 0 Å². The van der Waals surface area contributed by atoms with Gasteiger partial charge in [0.15, 0.2) is 0 Å². The van der Waals surface area contributed by atoms with Crippen LogP contribution >= 0.6 is 0 Å². The summed E-state index contributed by atoms with van der Waals surface area (Å²) < 4.78 is 0. The first-order valence-electron chi connectivity index (χ1n) is 7.72. The highest BCUT2D eigenvalue weighted by molar-refractivity contribution is 4.98. The average Bonchev–Trinajstić information content (AvgIpc) is 2.33. The van der Waals surface area contributed by atoms with Crippen LogP contribution in [0.3, 0.4) is 0 Å². The normalized spacial score (nSPS) is 11.1. The SMILES string of the molecule is CC.CC#CCCCCCN(N)/C=C(\N)CC(C)(C)C. The molecule has 3 nitrogen and oxygen atoms in total. The summed E-state index contributed by atoms with van der Waals surface area (Å²) in [5.41, 5.74) is 7.01. The first kappa shape index (κ1) is 21.2. The molecule has 0 fully saturated rings. The Morgan fingerprint density at radius 1 is 1.15 bits per heavy atom. The van der Waals surface area contributed by atoms with Crippen molar-refractivity contribution in [2.24, 2.45) is 17.0 Å². The third kappa shape index (κ3) is 16.9. The number of hydrogen-bond donors (Lipinski definition) is 2. The second-order valence-electron chi connectivity index (χ2n) is 5.92. The molecule has 0 heterocycles. The predicted octanol–water partition coefficient (Wildman–Crippen LogP) is 4.01. The van der Waals surface area contributed by atoms with Crippen molar-refractivity contribution in [3.05, 3.63) is 11.9 Å². The molecular weight excluding hydrogens is 246 g/mol. The molecule has 3 heteroatoms. The van der Waals surface area contributed by atoms with Crippen LogP contribution in [0.25, 0.3) is 0 Å². The second-order valence-corrected chi connectivity index (χ2v) is 5.92. The lowest BCUT2D eigenvalue weighted by atomic mass is 9.91. The van der Waals surface area contributed by atoms with Crippen LogP contribution in [0.1, 0.15) is 73.6 Å². The summed E-state index contributed by atoms with van der Waals surface area (Å²) >= 11 is 0. The lowest BCUT2D eigenvalue weighted by Gasteiger charge is -2.20. The van der Waals surface area contributed by atoms with Crippen LogP contribution in [0, 0.1) is 17.3 Å². The van der Waals surface area contributed by atoms with Crippen molar-refractivity contribution in [2.75, 3.05) is 6.54 Å². The van der Waals surface area contributed by atoms with Crippen molar-refractivity contribution in [1.29, 1.82) is 0 Å². The largest absolute Gasteiger partial charge is 0.401 e. The van der Waals surface area contributed by atoms with Crippen molar-refractivity contribution >= 4 is 0 Å². The van der Waals surface area contributed by atoms with Gasteiger partial charge in [-0.15, -0.1) is 11.8 Å². The Kier molecular flexibility index (Phi) is 13.6. The van der Waals surface area contributed by atoms with Gasteiger partial charge in [-0.1, -0.05) is 41.0 Å². The number of nitrogens with two attached hydrogens (primary N) is 2. The van der Waals surface area contributed by atoms with Gasteiger partial charge in [0.05, 0.1) is 0 Å². The summed E-state index contributed by atoms with van der Waals surface area (Å²) in [5, 5.41) is 1.70. The van der Waals surface area contributed by atoms with Gasteiger partial charge in [-0.3, -0.25) is 0 Å². The van der Waals surface area contributed by atoms with Crippen molar-refractivity contribution in [3.63, 3.8) is 0 Å². The van der Waals surface area contributed by atoms with Crippen LogP contribution in [-0.2, 0) is 0 Å². The van der Waals surface area contributed by atoms with Crippen LogP contribution in [0.2, 0.25) is 0 Å². The highest BCUT2D eigenvalue weighted by Crippen LogP contribution is 2.21. The first-order valence-corrected chi connectivity index (χ1v) is 7.72. The molecule has 118 valence electrons. The van der Waals surface area contributed by atoms with Gasteiger partial charge in [-0.05, 0) is 31.6 Å². The van der Waals surface area contributed by atoms with E-state index in [0.717, 1.165) is 44.3 Å². The second kappa shape index (κ2) is 12.9. The maximum absolute atomic E-state index is 5.95. The number of hydrogen-bond acceptors (Lipinski definition) is 3. The third-order valence-corrected chi connectivity index (χ3v) is 2.46. The fourth-order valence-corrected chi connectivity index (χ4v) is 1.75. The Labute approximate surface area is 126 Å². The van der Waals surface area contributed by atoms with Gasteiger partial charge in [0.1, 0.15) is 0 Å². The Bertz CT molecular complexity index is 302. The first-order chi connectivity index (χ1) is 9.35. The molecule has 0 saturated heterocycles. The number of hydrazine groups is 1. The topological polar surface area (TPSA) is 55.3 Å². The quantitative estimate of drug-likeness (QED) is 0.321. The third-order valence-electron chi connectivity index (χ3n) is 2.46. The summed E-state index contributed by atoms with van der Waals surface area (Å²) in [6.07, 6.45) is 7.11. The molecule has 0 aliphatic heterocycles. The number of unbranched alkanes of at least 4 members (excludes halogenated alkanes) is 3. The molecule has 0 aromatic rings. The van der Waals surface area contributed by atoms with Gasteiger partial charge in [0.2, 0.25) is 0 Å². The zero-order valence-electron chi connectivity index (χ0n) is 14.4. The zero-order valence-corrected chi connectivity index (χ0v) is 14.4. The lowest BCUT2D eigenvalue weighted by molar-refractivity contribution is 0.362. The standard InChI is InChI=1S/C15H29N3.C2H6/c1-5-6-7-8-9-10-11-18(17)13-14(16)12-15(2,3)4;1-2/h13H,7-12,16-17H2,1-4H3;1-2H3/b14-13-;. The summed E-state index contributed by atoms with van der Waals surface area (Å²) in [4.78, 5) is 0. The van der Waals surface area contributed by atoms with E-state index in [1.54, 1.807) is 5.01 Å². The Morgan fingerprint density at radius 2 is 1.75 bits per heavy atom. The van der Waals surface area contributed by atoms with Gasteiger partial charge in [-0.25, -0.2) is 5.84 Å². The van der Waals surface area contributed by atoms with Crippen LogP contribution < -0.4 is 11.6 Å². The monoisotopic (exact) mass is 281 g/mol. The van der Waals surface area contributed by atoms with E-state index in [9.17, 15) is 0 Å². The van der Waals surface area contributed by atoms with Crippen LogP contribution in [0.15, 0.2) is 11.9 Å².